The van der Waals surface area contributed by atoms with Crippen molar-refractivity contribution in [3.63, 3.8) is 0 Å². The van der Waals surface area contributed by atoms with E-state index in [2.05, 4.69) is 20.6 Å². The van der Waals surface area contributed by atoms with Crippen molar-refractivity contribution < 1.29 is 24.3 Å². The first-order chi connectivity index (χ1) is 16.7. The van der Waals surface area contributed by atoms with Crippen molar-refractivity contribution in [3.05, 3.63) is 18.2 Å². The Morgan fingerprint density at radius 1 is 1.23 bits per heavy atom. The Bertz CT molecular complexity index is 847. The summed E-state index contributed by atoms with van der Waals surface area (Å²) in [5.41, 5.74) is 12.3. The molecule has 196 valence electrons. The van der Waals surface area contributed by atoms with E-state index < -0.39 is 47.9 Å². The summed E-state index contributed by atoms with van der Waals surface area (Å²) in [6.45, 7) is 4.53. The third-order valence-electron chi connectivity index (χ3n) is 6.55. The Labute approximate surface area is 205 Å². The van der Waals surface area contributed by atoms with Gasteiger partial charge in [-0.2, -0.15) is 0 Å². The standard InChI is InChI=1S/C23H39N7O5/c1-3-14(2)19(25)21(32)29-17(11-15-12-26-13-27-15)20(31)28-16(7-4-5-9-24)22(33)30-10-6-8-18(30)23(34)35/h12-14,16-19H,3-11,24-25H2,1-2H3,(H,26,27)(H,28,31)(H,29,32)(H,34,35). The van der Waals surface area contributed by atoms with Gasteiger partial charge in [-0.05, 0) is 44.6 Å². The number of aromatic amines is 1. The van der Waals surface area contributed by atoms with Gasteiger partial charge in [0.1, 0.15) is 18.1 Å². The lowest BCUT2D eigenvalue weighted by Crippen LogP contribution is -2.58. The van der Waals surface area contributed by atoms with Gasteiger partial charge in [0, 0.05) is 24.9 Å². The highest BCUT2D eigenvalue weighted by Crippen LogP contribution is 2.20. The lowest BCUT2D eigenvalue weighted by Gasteiger charge is -2.29. The number of nitrogens with two attached hydrogens (primary N) is 2. The number of nitrogens with zero attached hydrogens (tertiary/aromatic N) is 2. The molecule has 1 saturated heterocycles. The van der Waals surface area contributed by atoms with Crippen molar-refractivity contribution >= 4 is 23.7 Å². The highest BCUT2D eigenvalue weighted by Gasteiger charge is 2.38. The summed E-state index contributed by atoms with van der Waals surface area (Å²) in [6.07, 6.45) is 6.33. The fourth-order valence-electron chi connectivity index (χ4n) is 4.12. The molecule has 1 aromatic rings. The Morgan fingerprint density at radius 3 is 2.54 bits per heavy atom. The van der Waals surface area contributed by atoms with Crippen molar-refractivity contribution in [1.82, 2.24) is 25.5 Å². The molecule has 35 heavy (non-hydrogen) atoms. The number of hydrogen-bond donors (Lipinski definition) is 6. The zero-order valence-electron chi connectivity index (χ0n) is 20.5. The molecule has 5 unspecified atom stereocenters. The number of carboxylic acids is 1. The molecule has 2 rings (SSSR count). The van der Waals surface area contributed by atoms with Crippen LogP contribution < -0.4 is 22.1 Å². The predicted molar refractivity (Wildman–Crippen MR) is 129 cm³/mol. The zero-order chi connectivity index (χ0) is 26.0. The SMILES string of the molecule is CCC(C)C(N)C(=O)NC(Cc1cnc[nH]1)C(=O)NC(CCCCN)C(=O)N1CCCC1C(=O)O. The maximum absolute atomic E-state index is 13.3. The van der Waals surface area contributed by atoms with Crippen LogP contribution in [-0.2, 0) is 25.6 Å². The smallest absolute Gasteiger partial charge is 0.326 e. The normalized spacial score (nSPS) is 19.0. The monoisotopic (exact) mass is 493 g/mol. The minimum atomic E-state index is -1.06. The number of imidazole rings is 1. The lowest BCUT2D eigenvalue weighted by molar-refractivity contribution is -0.149. The van der Waals surface area contributed by atoms with Crippen molar-refractivity contribution in [2.75, 3.05) is 13.1 Å². The average Bonchev–Trinajstić information content (AvgIpc) is 3.53. The molecule has 12 nitrogen and oxygen atoms in total. The third-order valence-corrected chi connectivity index (χ3v) is 6.55. The van der Waals surface area contributed by atoms with Crippen LogP contribution in [0.2, 0.25) is 0 Å². The van der Waals surface area contributed by atoms with Gasteiger partial charge in [-0.1, -0.05) is 20.3 Å². The van der Waals surface area contributed by atoms with Crippen LogP contribution in [0.1, 0.15) is 58.1 Å². The second kappa shape index (κ2) is 13.8. The van der Waals surface area contributed by atoms with E-state index in [-0.39, 0.29) is 12.3 Å². The summed E-state index contributed by atoms with van der Waals surface area (Å²) in [4.78, 5) is 59.1. The number of rotatable bonds is 14. The summed E-state index contributed by atoms with van der Waals surface area (Å²) in [5.74, 6) is -2.61. The quantitative estimate of drug-likeness (QED) is 0.186. The van der Waals surface area contributed by atoms with Crippen LogP contribution >= 0.6 is 0 Å². The summed E-state index contributed by atoms with van der Waals surface area (Å²) in [6, 6.07) is -3.64. The highest BCUT2D eigenvalue weighted by atomic mass is 16.4. The van der Waals surface area contributed by atoms with Gasteiger partial charge >= 0.3 is 5.97 Å². The van der Waals surface area contributed by atoms with Crippen LogP contribution in [0, 0.1) is 5.92 Å². The fourth-order valence-corrected chi connectivity index (χ4v) is 4.12. The summed E-state index contributed by atoms with van der Waals surface area (Å²) in [5, 5.41) is 15.0. The molecule has 1 aliphatic rings. The number of nitrogens with one attached hydrogen (secondary N) is 3. The number of aromatic nitrogens is 2. The molecule has 0 bridgehead atoms. The number of amides is 3. The van der Waals surface area contributed by atoms with E-state index >= 15 is 0 Å². The molecule has 1 aliphatic heterocycles. The molecule has 0 radical (unpaired) electrons. The molecule has 1 fully saturated rings. The number of aliphatic carboxylic acids is 1. The number of carbonyl (C=O) groups is 4. The maximum atomic E-state index is 13.3. The van der Waals surface area contributed by atoms with Gasteiger partial charge in [0.05, 0.1) is 12.4 Å². The van der Waals surface area contributed by atoms with Gasteiger partial charge < -0.3 is 37.1 Å². The van der Waals surface area contributed by atoms with Crippen LogP contribution in [0.5, 0.6) is 0 Å². The van der Waals surface area contributed by atoms with E-state index in [1.165, 1.54) is 11.2 Å². The van der Waals surface area contributed by atoms with Crippen molar-refractivity contribution in [2.45, 2.75) is 83.0 Å². The minimum Gasteiger partial charge on any atom is -0.480 e. The average molecular weight is 494 g/mol. The molecule has 5 atom stereocenters. The summed E-state index contributed by atoms with van der Waals surface area (Å²) < 4.78 is 0. The molecule has 12 heteroatoms. The molecular formula is C23H39N7O5. The molecule has 8 N–H and O–H groups in total. The van der Waals surface area contributed by atoms with Crippen LogP contribution in [0.25, 0.3) is 0 Å². The molecule has 0 aliphatic carbocycles. The first-order valence-corrected chi connectivity index (χ1v) is 12.3. The number of H-pyrrole nitrogens is 1. The minimum absolute atomic E-state index is 0.0837. The molecule has 1 aromatic heterocycles. The van der Waals surface area contributed by atoms with E-state index in [0.717, 1.165) is 0 Å². The van der Waals surface area contributed by atoms with Crippen LogP contribution in [0.15, 0.2) is 12.5 Å². The molecule has 0 spiro atoms. The van der Waals surface area contributed by atoms with Gasteiger partial charge in [-0.25, -0.2) is 9.78 Å². The Kier molecular flexibility index (Phi) is 11.1. The van der Waals surface area contributed by atoms with Gasteiger partial charge in [0.15, 0.2) is 0 Å². The maximum Gasteiger partial charge on any atom is 0.326 e. The van der Waals surface area contributed by atoms with Gasteiger partial charge in [0.25, 0.3) is 0 Å². The van der Waals surface area contributed by atoms with Gasteiger partial charge in [-0.3, -0.25) is 14.4 Å². The molecule has 3 amide bonds. The van der Waals surface area contributed by atoms with Crippen LogP contribution in [0.3, 0.4) is 0 Å². The zero-order valence-corrected chi connectivity index (χ0v) is 20.5. The fraction of sp³-hybridized carbons (Fsp3) is 0.696. The Morgan fingerprint density at radius 2 is 1.94 bits per heavy atom. The third kappa shape index (κ3) is 8.03. The highest BCUT2D eigenvalue weighted by molar-refractivity contribution is 5.94. The van der Waals surface area contributed by atoms with Crippen molar-refractivity contribution in [3.8, 4) is 0 Å². The second-order valence-electron chi connectivity index (χ2n) is 9.13. The van der Waals surface area contributed by atoms with Gasteiger partial charge in [-0.15, -0.1) is 0 Å². The van der Waals surface area contributed by atoms with Crippen molar-refractivity contribution in [1.29, 1.82) is 0 Å². The number of unbranched alkanes of at least 4 members (excludes halogenated alkanes) is 1. The van der Waals surface area contributed by atoms with E-state index in [9.17, 15) is 24.3 Å². The molecule has 2 heterocycles. The number of carbonyl (C=O) groups excluding carboxylic acids is 3. The first kappa shape index (κ1) is 28.2. The van der Waals surface area contributed by atoms with Crippen molar-refractivity contribution in [2.24, 2.45) is 17.4 Å². The van der Waals surface area contributed by atoms with E-state index in [1.54, 1.807) is 6.20 Å². The number of likely N-dealkylation sites (tertiary alicyclic amines) is 1. The summed E-state index contributed by atoms with van der Waals surface area (Å²) >= 11 is 0. The Hall–Kier alpha value is -2.99. The second-order valence-corrected chi connectivity index (χ2v) is 9.13. The van der Waals surface area contributed by atoms with Crippen LogP contribution in [0.4, 0.5) is 0 Å². The number of carboxylic acid groups (broad SMARTS) is 1. The van der Waals surface area contributed by atoms with E-state index in [0.29, 0.717) is 57.3 Å². The molecular weight excluding hydrogens is 454 g/mol. The molecule has 0 saturated carbocycles. The van der Waals surface area contributed by atoms with Crippen LogP contribution in [-0.4, -0.2) is 80.9 Å². The predicted octanol–water partition coefficient (Wildman–Crippen LogP) is -0.500. The number of hydrogen-bond acceptors (Lipinski definition) is 7. The van der Waals surface area contributed by atoms with E-state index in [4.69, 9.17) is 11.5 Å². The van der Waals surface area contributed by atoms with Gasteiger partial charge in [0.2, 0.25) is 17.7 Å². The Balaban J connectivity index is 2.20. The lowest BCUT2D eigenvalue weighted by atomic mass is 9.98. The van der Waals surface area contributed by atoms with E-state index in [1.807, 2.05) is 13.8 Å². The first-order valence-electron chi connectivity index (χ1n) is 12.3. The summed E-state index contributed by atoms with van der Waals surface area (Å²) in [7, 11) is 0. The topological polar surface area (TPSA) is 197 Å². The largest absolute Gasteiger partial charge is 0.480 e. The molecule has 0 aromatic carbocycles.